The van der Waals surface area contributed by atoms with Crippen molar-refractivity contribution in [2.24, 2.45) is 5.92 Å². The topological polar surface area (TPSA) is 26.3 Å². The summed E-state index contributed by atoms with van der Waals surface area (Å²) in [6.45, 7) is 7.44. The molecule has 1 unspecified atom stereocenters. The fraction of sp³-hybridized carbons (Fsp3) is 0.969. The van der Waals surface area contributed by atoms with Crippen LogP contribution in [0.4, 0.5) is 0 Å². The lowest BCUT2D eigenvalue weighted by Crippen LogP contribution is -2.18. The summed E-state index contributed by atoms with van der Waals surface area (Å²) in [5.74, 6) is 0.245. The van der Waals surface area contributed by atoms with Crippen LogP contribution in [0.25, 0.3) is 0 Å². The first kappa shape index (κ1) is 33.5. The Kier molecular flexibility index (Phi) is 28.3. The first-order chi connectivity index (χ1) is 16.8. The Morgan fingerprint density at radius 3 is 1.12 bits per heavy atom. The van der Waals surface area contributed by atoms with Gasteiger partial charge in [-0.25, -0.2) is 0 Å². The highest BCUT2D eigenvalue weighted by molar-refractivity contribution is 5.72. The van der Waals surface area contributed by atoms with Gasteiger partial charge in [-0.2, -0.15) is 0 Å². The number of hydrogen-bond donors (Lipinski definition) is 0. The zero-order valence-corrected chi connectivity index (χ0v) is 24.0. The summed E-state index contributed by atoms with van der Waals surface area (Å²) in [5, 5.41) is 0. The van der Waals surface area contributed by atoms with E-state index in [-0.39, 0.29) is 11.9 Å². The highest BCUT2D eigenvalue weighted by atomic mass is 16.5. The molecule has 2 heteroatoms. The number of esters is 1. The van der Waals surface area contributed by atoms with Crippen molar-refractivity contribution in [3.63, 3.8) is 0 Å². The molecule has 0 aliphatic carbocycles. The van der Waals surface area contributed by atoms with Crippen molar-refractivity contribution in [3.05, 3.63) is 0 Å². The molecule has 0 saturated heterocycles. The van der Waals surface area contributed by atoms with Crippen LogP contribution in [0.5, 0.6) is 0 Å². The van der Waals surface area contributed by atoms with E-state index in [1.807, 2.05) is 0 Å². The van der Waals surface area contributed by atoms with Crippen molar-refractivity contribution in [2.75, 3.05) is 6.61 Å². The molecular formula is C32H64O2. The van der Waals surface area contributed by atoms with Crippen molar-refractivity contribution in [1.82, 2.24) is 0 Å². The van der Waals surface area contributed by atoms with Crippen molar-refractivity contribution < 1.29 is 9.53 Å². The molecular weight excluding hydrogens is 416 g/mol. The second-order valence-electron chi connectivity index (χ2n) is 10.9. The minimum atomic E-state index is 0.0970. The Morgan fingerprint density at radius 2 is 0.735 bits per heavy atom. The first-order valence-electron chi connectivity index (χ1n) is 15.9. The lowest BCUT2D eigenvalue weighted by atomic mass is 9.94. The summed E-state index contributed by atoms with van der Waals surface area (Å²) >= 11 is 0. The van der Waals surface area contributed by atoms with Crippen LogP contribution in [-0.2, 0) is 9.53 Å². The number of unbranched alkanes of at least 4 members (excludes halogenated alkanes) is 21. The van der Waals surface area contributed by atoms with Gasteiger partial charge in [0.1, 0.15) is 0 Å². The van der Waals surface area contributed by atoms with Crippen LogP contribution in [0, 0.1) is 5.92 Å². The fourth-order valence-corrected chi connectivity index (χ4v) is 4.96. The Labute approximate surface area is 215 Å². The molecule has 0 aliphatic heterocycles. The van der Waals surface area contributed by atoms with E-state index >= 15 is 0 Å². The third-order valence-corrected chi connectivity index (χ3v) is 7.39. The number of carbonyl (C=O) groups is 1. The highest BCUT2D eigenvalue weighted by Crippen LogP contribution is 2.21. The second-order valence-corrected chi connectivity index (χ2v) is 10.9. The lowest BCUT2D eigenvalue weighted by molar-refractivity contribution is -0.149. The van der Waals surface area contributed by atoms with E-state index in [0.717, 1.165) is 19.3 Å². The fourth-order valence-electron chi connectivity index (χ4n) is 4.96. The van der Waals surface area contributed by atoms with Gasteiger partial charge >= 0.3 is 5.97 Å². The van der Waals surface area contributed by atoms with Gasteiger partial charge in [0.15, 0.2) is 0 Å². The van der Waals surface area contributed by atoms with Gasteiger partial charge in [0.2, 0.25) is 0 Å². The maximum atomic E-state index is 12.7. The molecule has 2 nitrogen and oxygen atoms in total. The Morgan fingerprint density at radius 1 is 0.441 bits per heavy atom. The Bertz CT molecular complexity index is 392. The molecule has 0 heterocycles. The normalized spacial score (nSPS) is 12.2. The van der Waals surface area contributed by atoms with E-state index in [2.05, 4.69) is 20.8 Å². The van der Waals surface area contributed by atoms with Crippen LogP contribution < -0.4 is 0 Å². The van der Waals surface area contributed by atoms with Gasteiger partial charge in [-0.15, -0.1) is 0 Å². The monoisotopic (exact) mass is 480 g/mol. The Hall–Kier alpha value is -0.530. The molecule has 0 aliphatic rings. The summed E-state index contributed by atoms with van der Waals surface area (Å²) in [6, 6.07) is 0. The molecule has 204 valence electrons. The molecule has 0 aromatic rings. The first-order valence-corrected chi connectivity index (χ1v) is 15.9. The molecule has 34 heavy (non-hydrogen) atoms. The predicted molar refractivity (Wildman–Crippen MR) is 152 cm³/mol. The molecule has 0 saturated carbocycles. The van der Waals surface area contributed by atoms with Crippen LogP contribution in [0.2, 0.25) is 0 Å². The third-order valence-electron chi connectivity index (χ3n) is 7.39. The Balaban J connectivity index is 3.71. The van der Waals surface area contributed by atoms with Gasteiger partial charge in [-0.05, 0) is 19.3 Å². The average molecular weight is 481 g/mol. The lowest BCUT2D eigenvalue weighted by Gasteiger charge is -2.16. The van der Waals surface area contributed by atoms with E-state index < -0.39 is 0 Å². The van der Waals surface area contributed by atoms with E-state index in [1.165, 1.54) is 148 Å². The van der Waals surface area contributed by atoms with Crippen LogP contribution in [-0.4, -0.2) is 12.6 Å². The molecule has 0 N–H and O–H groups in total. The second kappa shape index (κ2) is 28.7. The maximum absolute atomic E-state index is 12.7. The zero-order valence-electron chi connectivity index (χ0n) is 24.0. The van der Waals surface area contributed by atoms with E-state index in [0.29, 0.717) is 6.61 Å². The number of ether oxygens (including phenoxy) is 1. The largest absolute Gasteiger partial charge is 0.465 e. The molecule has 0 fully saturated rings. The van der Waals surface area contributed by atoms with Gasteiger partial charge in [-0.3, -0.25) is 4.79 Å². The maximum Gasteiger partial charge on any atom is 0.308 e. The van der Waals surface area contributed by atoms with E-state index in [1.54, 1.807) is 0 Å². The van der Waals surface area contributed by atoms with Crippen LogP contribution in [0.1, 0.15) is 188 Å². The van der Waals surface area contributed by atoms with Crippen molar-refractivity contribution in [1.29, 1.82) is 0 Å². The van der Waals surface area contributed by atoms with Crippen LogP contribution in [0.15, 0.2) is 0 Å². The number of hydrogen-bond acceptors (Lipinski definition) is 2. The molecule has 0 spiro atoms. The molecule has 1 atom stereocenters. The van der Waals surface area contributed by atoms with Crippen LogP contribution in [0.3, 0.4) is 0 Å². The highest BCUT2D eigenvalue weighted by Gasteiger charge is 2.19. The van der Waals surface area contributed by atoms with Gasteiger partial charge in [0, 0.05) is 0 Å². The quantitative estimate of drug-likeness (QED) is 0.0821. The van der Waals surface area contributed by atoms with Gasteiger partial charge in [-0.1, -0.05) is 168 Å². The standard InChI is InChI=1S/C32H64O2/c1-4-7-10-13-15-16-17-18-19-20-21-22-24-27-30-34-32(33)31(28-25-12-9-6-3)29-26-23-14-11-8-5-2/h31H,4-30H2,1-3H3. The summed E-state index contributed by atoms with van der Waals surface area (Å²) < 4.78 is 5.72. The SMILES string of the molecule is CCCCCCCCCCCCCCCCOC(=O)C(CCCCCC)CCCCCCCC. The van der Waals surface area contributed by atoms with Crippen molar-refractivity contribution in [3.8, 4) is 0 Å². The average Bonchev–Trinajstić information content (AvgIpc) is 2.84. The zero-order chi connectivity index (χ0) is 25.0. The van der Waals surface area contributed by atoms with Crippen molar-refractivity contribution in [2.45, 2.75) is 188 Å². The van der Waals surface area contributed by atoms with Gasteiger partial charge in [0.05, 0.1) is 12.5 Å². The smallest absolute Gasteiger partial charge is 0.308 e. The summed E-state index contributed by atoms with van der Waals surface area (Å²) in [5.41, 5.74) is 0. The molecule has 0 rings (SSSR count). The summed E-state index contributed by atoms with van der Waals surface area (Å²) in [7, 11) is 0. The molecule has 0 bridgehead atoms. The predicted octanol–water partition coefficient (Wildman–Crippen LogP) is 11.3. The third kappa shape index (κ3) is 24.6. The van der Waals surface area contributed by atoms with Crippen molar-refractivity contribution >= 4 is 5.97 Å². The van der Waals surface area contributed by atoms with E-state index in [4.69, 9.17) is 4.74 Å². The minimum absolute atomic E-state index is 0.0970. The molecule has 0 aromatic carbocycles. The van der Waals surface area contributed by atoms with E-state index in [9.17, 15) is 4.79 Å². The summed E-state index contributed by atoms with van der Waals surface area (Å²) in [6.07, 6.45) is 33.9. The minimum Gasteiger partial charge on any atom is -0.465 e. The molecule has 0 radical (unpaired) electrons. The summed E-state index contributed by atoms with van der Waals surface area (Å²) in [4.78, 5) is 12.7. The molecule has 0 amide bonds. The van der Waals surface area contributed by atoms with Crippen LogP contribution >= 0.6 is 0 Å². The number of carbonyl (C=O) groups excluding carboxylic acids is 1. The number of rotatable bonds is 28. The van der Waals surface area contributed by atoms with Gasteiger partial charge < -0.3 is 4.74 Å². The van der Waals surface area contributed by atoms with Gasteiger partial charge in [0.25, 0.3) is 0 Å². The molecule has 0 aromatic heterocycles.